The van der Waals surface area contributed by atoms with Crippen LogP contribution in [0.5, 0.6) is 17.2 Å². The van der Waals surface area contributed by atoms with Crippen molar-refractivity contribution in [3.63, 3.8) is 0 Å². The molecule has 12 heteroatoms. The van der Waals surface area contributed by atoms with Crippen molar-refractivity contribution in [2.45, 2.75) is 19.4 Å². The second-order valence-corrected chi connectivity index (χ2v) is 10.3. The molecule has 0 bridgehead atoms. The molecule has 236 valence electrons. The molecule has 4 aromatic carbocycles. The van der Waals surface area contributed by atoms with Crippen LogP contribution >= 0.6 is 0 Å². The van der Waals surface area contributed by atoms with Crippen LogP contribution in [0.15, 0.2) is 116 Å². The van der Waals surface area contributed by atoms with Crippen molar-refractivity contribution < 1.29 is 33.8 Å². The number of aliphatic hydroxyl groups is 1. The molecule has 2 atom stereocenters. The predicted octanol–water partition coefficient (Wildman–Crippen LogP) is 5.36. The lowest BCUT2D eigenvalue weighted by atomic mass is 10.0. The molecule has 2 N–H and O–H groups in total. The number of non-ortho nitro benzene ring substituents is 1. The number of nitro groups is 1. The van der Waals surface area contributed by atoms with Gasteiger partial charge in [-0.15, -0.1) is 0 Å². The molecule has 1 aliphatic rings. The quantitative estimate of drug-likeness (QED) is 0.113. The molecule has 46 heavy (non-hydrogen) atoms. The number of carbonyl (C=O) groups excluding carboxylic acids is 2. The number of nitrogens with one attached hydrogen (secondary N) is 1. The average molecular weight is 625 g/mol. The van der Waals surface area contributed by atoms with Gasteiger partial charge in [-0.25, -0.2) is 4.79 Å². The number of carbonyl (C=O) groups is 2. The van der Waals surface area contributed by atoms with Crippen LogP contribution in [-0.2, 0) is 14.3 Å². The molecule has 1 heterocycles. The normalized spacial score (nSPS) is 14.4. The summed E-state index contributed by atoms with van der Waals surface area (Å²) >= 11 is 0. The summed E-state index contributed by atoms with van der Waals surface area (Å²) in [7, 11) is 0. The highest BCUT2D eigenvalue weighted by Crippen LogP contribution is 2.30. The van der Waals surface area contributed by atoms with Crippen molar-refractivity contribution in [1.29, 1.82) is 0 Å². The van der Waals surface area contributed by atoms with E-state index in [1.807, 2.05) is 61.5 Å². The number of ether oxygens (including phenoxy) is 3. The maximum Gasteiger partial charge on any atom is 0.335 e. The molecule has 12 nitrogen and oxygen atoms in total. The standard InChI is InChI=1S/C34H32N4O8/c1-24-7-5-6-10-30(24)31(45-29-17-13-26(14-18-29)38(42)43)21-36-19-20-37(34(36)46-33(41)23-39)22-32(40)35-25-11-15-28(16-12-25)44-27-8-3-2-4-9-27/h2-20,31,34,39H,21-23H2,1H3,(H,35,40). The zero-order valence-corrected chi connectivity index (χ0v) is 24.9. The molecule has 5 rings (SSSR count). The average Bonchev–Trinajstić information content (AvgIpc) is 3.42. The van der Waals surface area contributed by atoms with Crippen LogP contribution in [0.3, 0.4) is 0 Å². The zero-order chi connectivity index (χ0) is 32.5. The number of rotatable bonds is 13. The minimum atomic E-state index is -1.06. The van der Waals surface area contributed by atoms with Crippen LogP contribution in [-0.4, -0.2) is 57.8 Å². The summed E-state index contributed by atoms with van der Waals surface area (Å²) in [6.45, 7) is 1.09. The smallest absolute Gasteiger partial charge is 0.335 e. The third-order valence-electron chi connectivity index (χ3n) is 7.06. The summed E-state index contributed by atoms with van der Waals surface area (Å²) < 4.78 is 17.6. The molecule has 0 radical (unpaired) electrons. The Morgan fingerprint density at radius 1 is 0.870 bits per heavy atom. The number of aryl methyl sites for hydroxylation is 1. The molecule has 2 unspecified atom stereocenters. The topological polar surface area (TPSA) is 144 Å². The van der Waals surface area contributed by atoms with Crippen molar-refractivity contribution in [3.05, 3.63) is 137 Å². The van der Waals surface area contributed by atoms with Crippen molar-refractivity contribution >= 4 is 23.3 Å². The van der Waals surface area contributed by atoms with Gasteiger partial charge >= 0.3 is 5.97 Å². The lowest BCUT2D eigenvalue weighted by Crippen LogP contribution is -2.46. The van der Waals surface area contributed by atoms with Gasteiger partial charge in [-0.3, -0.25) is 14.9 Å². The third-order valence-corrected chi connectivity index (χ3v) is 7.06. The van der Waals surface area contributed by atoms with E-state index >= 15 is 0 Å². The maximum absolute atomic E-state index is 13.1. The maximum atomic E-state index is 13.1. The number of hydrogen-bond acceptors (Lipinski definition) is 10. The first-order valence-electron chi connectivity index (χ1n) is 14.4. The van der Waals surface area contributed by atoms with E-state index < -0.39 is 30.0 Å². The van der Waals surface area contributed by atoms with Gasteiger partial charge in [0.1, 0.15) is 36.5 Å². The number of amides is 1. The number of anilines is 1. The Hall–Kier alpha value is -5.88. The van der Waals surface area contributed by atoms with E-state index in [-0.39, 0.29) is 24.7 Å². The highest BCUT2D eigenvalue weighted by atomic mass is 16.6. The molecule has 4 aromatic rings. The largest absolute Gasteiger partial charge is 0.484 e. The minimum absolute atomic E-state index is 0.0661. The lowest BCUT2D eigenvalue weighted by Gasteiger charge is -2.34. The van der Waals surface area contributed by atoms with Gasteiger partial charge in [-0.2, -0.15) is 0 Å². The first-order chi connectivity index (χ1) is 22.3. The molecule has 0 aliphatic carbocycles. The molecule has 0 aromatic heterocycles. The monoisotopic (exact) mass is 624 g/mol. The summed E-state index contributed by atoms with van der Waals surface area (Å²) in [4.78, 5) is 39.1. The van der Waals surface area contributed by atoms with E-state index in [4.69, 9.17) is 14.2 Å². The lowest BCUT2D eigenvalue weighted by molar-refractivity contribution is -0.384. The number of nitrogens with zero attached hydrogens (tertiary/aromatic N) is 3. The van der Waals surface area contributed by atoms with Crippen molar-refractivity contribution in [1.82, 2.24) is 9.80 Å². The molecule has 1 amide bonds. The third kappa shape index (κ3) is 8.18. The number of benzene rings is 4. The van der Waals surface area contributed by atoms with Gasteiger partial charge in [0.05, 0.1) is 11.5 Å². The van der Waals surface area contributed by atoms with Crippen LogP contribution in [0.1, 0.15) is 17.2 Å². The van der Waals surface area contributed by atoms with Crippen LogP contribution in [0.25, 0.3) is 0 Å². The first-order valence-corrected chi connectivity index (χ1v) is 14.4. The summed E-state index contributed by atoms with van der Waals surface area (Å²) in [6, 6.07) is 29.6. The highest BCUT2D eigenvalue weighted by molar-refractivity contribution is 5.92. The summed E-state index contributed by atoms with van der Waals surface area (Å²) in [6.07, 6.45) is 1.63. The number of hydrogen-bond donors (Lipinski definition) is 2. The molecular weight excluding hydrogens is 592 g/mol. The second kappa shape index (κ2) is 14.7. The molecule has 1 aliphatic heterocycles. The summed E-state index contributed by atoms with van der Waals surface area (Å²) in [5.74, 6) is 0.462. The summed E-state index contributed by atoms with van der Waals surface area (Å²) in [5.41, 5.74) is 2.27. The van der Waals surface area contributed by atoms with Crippen LogP contribution in [0.4, 0.5) is 11.4 Å². The van der Waals surface area contributed by atoms with Gasteiger partial charge in [0.15, 0.2) is 0 Å². The Morgan fingerprint density at radius 3 is 2.17 bits per heavy atom. The van der Waals surface area contributed by atoms with Gasteiger partial charge in [-0.05, 0) is 66.6 Å². The summed E-state index contributed by atoms with van der Waals surface area (Å²) in [5, 5.41) is 23.4. The number of aliphatic hydroxyl groups excluding tert-OH is 1. The zero-order valence-electron chi connectivity index (χ0n) is 24.9. The van der Waals surface area contributed by atoms with Crippen molar-refractivity contribution in [2.24, 2.45) is 0 Å². The Kier molecular flexibility index (Phi) is 10.1. The fraction of sp³-hybridized carbons (Fsp3) is 0.176. The number of esters is 1. The molecular formula is C34H32N4O8. The Morgan fingerprint density at radius 2 is 1.50 bits per heavy atom. The fourth-order valence-electron chi connectivity index (χ4n) is 4.83. The van der Waals surface area contributed by atoms with Crippen molar-refractivity contribution in [2.75, 3.05) is 25.0 Å². The van der Waals surface area contributed by atoms with E-state index in [2.05, 4.69) is 5.32 Å². The molecule has 0 saturated carbocycles. The second-order valence-electron chi connectivity index (χ2n) is 10.3. The van der Waals surface area contributed by atoms with Gasteiger partial charge in [-0.1, -0.05) is 42.5 Å². The number of nitro benzene ring substituents is 1. The van der Waals surface area contributed by atoms with Gasteiger partial charge in [0.25, 0.3) is 12.0 Å². The van der Waals surface area contributed by atoms with Crippen LogP contribution in [0, 0.1) is 17.0 Å². The van der Waals surface area contributed by atoms with Gasteiger partial charge in [0, 0.05) is 30.2 Å². The minimum Gasteiger partial charge on any atom is -0.484 e. The van der Waals surface area contributed by atoms with Gasteiger partial charge in [0.2, 0.25) is 5.91 Å². The molecule has 0 spiro atoms. The van der Waals surface area contributed by atoms with Crippen LogP contribution < -0.4 is 14.8 Å². The molecule has 0 fully saturated rings. The first kappa shape index (κ1) is 31.5. The Labute approximate surface area is 265 Å². The van der Waals surface area contributed by atoms with Crippen molar-refractivity contribution in [3.8, 4) is 17.2 Å². The Bertz CT molecular complexity index is 1680. The Balaban J connectivity index is 1.28. The van der Waals surface area contributed by atoms with E-state index in [9.17, 15) is 24.8 Å². The van der Waals surface area contributed by atoms with E-state index in [0.29, 0.717) is 22.9 Å². The van der Waals surface area contributed by atoms with Crippen LogP contribution in [0.2, 0.25) is 0 Å². The van der Waals surface area contributed by atoms with E-state index in [0.717, 1.165) is 11.1 Å². The highest BCUT2D eigenvalue weighted by Gasteiger charge is 2.34. The van der Waals surface area contributed by atoms with E-state index in [1.165, 1.54) is 29.2 Å². The SMILES string of the molecule is Cc1ccccc1C(CN1C=CN(CC(=O)Nc2ccc(Oc3ccccc3)cc2)C1OC(=O)CO)Oc1ccc([N+](=O)[O-])cc1. The molecule has 0 saturated heterocycles. The fourth-order valence-corrected chi connectivity index (χ4v) is 4.83. The van der Waals surface area contributed by atoms with E-state index in [1.54, 1.807) is 41.6 Å². The van der Waals surface area contributed by atoms with Gasteiger partial charge < -0.3 is 34.4 Å². The predicted molar refractivity (Wildman–Crippen MR) is 169 cm³/mol. The number of para-hydroxylation sites is 1.